The lowest BCUT2D eigenvalue weighted by molar-refractivity contribution is 0.601. The molecule has 0 spiro atoms. The molecule has 0 saturated carbocycles. The van der Waals surface area contributed by atoms with Gasteiger partial charge in [0.2, 0.25) is 0 Å². The highest BCUT2D eigenvalue weighted by Crippen LogP contribution is 2.24. The van der Waals surface area contributed by atoms with Crippen LogP contribution in [-0.2, 0) is 10.0 Å². The fourth-order valence-corrected chi connectivity index (χ4v) is 4.48. The van der Waals surface area contributed by atoms with E-state index in [0.717, 1.165) is 15.6 Å². The van der Waals surface area contributed by atoms with Crippen molar-refractivity contribution in [1.82, 2.24) is 24.8 Å². The van der Waals surface area contributed by atoms with Crippen LogP contribution in [0.1, 0.15) is 0 Å². The van der Waals surface area contributed by atoms with Crippen molar-refractivity contribution in [3.05, 3.63) is 89.7 Å². The van der Waals surface area contributed by atoms with E-state index in [1.54, 1.807) is 53.3 Å². The van der Waals surface area contributed by atoms with Crippen LogP contribution < -0.4 is 4.72 Å². The van der Waals surface area contributed by atoms with Crippen LogP contribution in [0.3, 0.4) is 0 Å². The smallest absolute Gasteiger partial charge is 0.261 e. The topological polar surface area (TPSA) is 102 Å². The largest absolute Gasteiger partial charge is 0.280 e. The summed E-state index contributed by atoms with van der Waals surface area (Å²) >= 11 is 3.31. The van der Waals surface area contributed by atoms with Crippen LogP contribution in [0, 0.1) is 0 Å². The van der Waals surface area contributed by atoms with Crippen molar-refractivity contribution in [3.8, 4) is 22.6 Å². The minimum Gasteiger partial charge on any atom is -0.280 e. The Hall–Kier alpha value is -3.63. The Kier molecular flexibility index (Phi) is 5.16. The van der Waals surface area contributed by atoms with Crippen molar-refractivity contribution in [1.29, 1.82) is 0 Å². The highest BCUT2D eigenvalue weighted by atomic mass is 79.9. The van der Waals surface area contributed by atoms with Gasteiger partial charge in [-0.15, -0.1) is 10.2 Å². The molecule has 3 heterocycles. The predicted molar refractivity (Wildman–Crippen MR) is 124 cm³/mol. The second kappa shape index (κ2) is 8.13. The first-order valence-electron chi connectivity index (χ1n) is 9.51. The minimum absolute atomic E-state index is 0.188. The van der Waals surface area contributed by atoms with Crippen LogP contribution >= 0.6 is 15.9 Å². The summed E-state index contributed by atoms with van der Waals surface area (Å²) in [5.74, 6) is 0.614. The summed E-state index contributed by atoms with van der Waals surface area (Å²) in [6, 6.07) is 20.9. The molecule has 0 saturated heterocycles. The van der Waals surface area contributed by atoms with Crippen molar-refractivity contribution in [3.63, 3.8) is 0 Å². The standard InChI is InChI=1S/C22H15BrN6O2S/c23-17-3-7-19(8-4-17)32(30,31)28-18-5-1-15(2-6-18)20-9-10-21-25-26-22(29(21)27-20)16-11-13-24-14-12-16/h1-14,28H. The van der Waals surface area contributed by atoms with Gasteiger partial charge in [-0.1, -0.05) is 28.1 Å². The van der Waals surface area contributed by atoms with Crippen LogP contribution in [0.15, 0.2) is 94.6 Å². The van der Waals surface area contributed by atoms with Crippen LogP contribution in [0.25, 0.3) is 28.3 Å². The van der Waals surface area contributed by atoms with Gasteiger partial charge < -0.3 is 0 Å². The maximum Gasteiger partial charge on any atom is 0.261 e. The van der Waals surface area contributed by atoms with E-state index in [1.807, 2.05) is 36.4 Å². The van der Waals surface area contributed by atoms with E-state index in [4.69, 9.17) is 0 Å². The number of aromatic nitrogens is 5. The Bertz CT molecular complexity index is 1500. The molecular weight excluding hydrogens is 492 g/mol. The highest BCUT2D eigenvalue weighted by Gasteiger charge is 2.15. The van der Waals surface area contributed by atoms with E-state index in [2.05, 4.69) is 40.9 Å². The van der Waals surface area contributed by atoms with Gasteiger partial charge in [-0.25, -0.2) is 8.42 Å². The van der Waals surface area contributed by atoms with E-state index in [0.29, 0.717) is 22.9 Å². The molecule has 0 fully saturated rings. The molecule has 0 atom stereocenters. The quantitative estimate of drug-likeness (QED) is 0.378. The van der Waals surface area contributed by atoms with Gasteiger partial charge in [0.15, 0.2) is 11.5 Å². The van der Waals surface area contributed by atoms with Crippen molar-refractivity contribution in [2.45, 2.75) is 4.90 Å². The molecule has 158 valence electrons. The van der Waals surface area contributed by atoms with Gasteiger partial charge in [0.25, 0.3) is 10.0 Å². The molecule has 3 aromatic heterocycles. The number of rotatable bonds is 5. The summed E-state index contributed by atoms with van der Waals surface area (Å²) in [6.45, 7) is 0. The molecule has 0 aliphatic heterocycles. The summed E-state index contributed by atoms with van der Waals surface area (Å²) in [7, 11) is -3.68. The number of anilines is 1. The third kappa shape index (κ3) is 3.97. The van der Waals surface area contributed by atoms with Crippen LogP contribution in [0.2, 0.25) is 0 Å². The molecule has 0 unspecified atom stereocenters. The summed E-state index contributed by atoms with van der Waals surface area (Å²) in [5, 5.41) is 13.1. The van der Waals surface area contributed by atoms with Gasteiger partial charge in [-0.3, -0.25) is 9.71 Å². The maximum atomic E-state index is 12.6. The zero-order valence-corrected chi connectivity index (χ0v) is 18.8. The van der Waals surface area contributed by atoms with Gasteiger partial charge in [0.05, 0.1) is 10.6 Å². The van der Waals surface area contributed by atoms with Crippen LogP contribution in [0.4, 0.5) is 5.69 Å². The highest BCUT2D eigenvalue weighted by molar-refractivity contribution is 9.10. The fourth-order valence-electron chi connectivity index (χ4n) is 3.16. The van der Waals surface area contributed by atoms with E-state index in [-0.39, 0.29) is 4.90 Å². The van der Waals surface area contributed by atoms with Gasteiger partial charge in [-0.2, -0.15) is 9.61 Å². The first-order chi connectivity index (χ1) is 15.5. The van der Waals surface area contributed by atoms with Crippen molar-refractivity contribution < 1.29 is 8.42 Å². The zero-order chi connectivity index (χ0) is 22.1. The van der Waals surface area contributed by atoms with Gasteiger partial charge in [0.1, 0.15) is 0 Å². The summed E-state index contributed by atoms with van der Waals surface area (Å²) in [4.78, 5) is 4.22. The lowest BCUT2D eigenvalue weighted by atomic mass is 10.1. The predicted octanol–water partition coefficient (Wildman–Crippen LogP) is 4.42. The molecule has 0 amide bonds. The molecule has 10 heteroatoms. The van der Waals surface area contributed by atoms with Gasteiger partial charge >= 0.3 is 0 Å². The third-order valence-electron chi connectivity index (χ3n) is 4.76. The normalized spacial score (nSPS) is 11.5. The van der Waals surface area contributed by atoms with Crippen molar-refractivity contribution in [2.24, 2.45) is 0 Å². The number of halogens is 1. The maximum absolute atomic E-state index is 12.6. The molecule has 5 rings (SSSR count). The fraction of sp³-hybridized carbons (Fsp3) is 0. The van der Waals surface area contributed by atoms with E-state index in [9.17, 15) is 8.42 Å². The number of hydrogen-bond donors (Lipinski definition) is 1. The SMILES string of the molecule is O=S(=O)(Nc1ccc(-c2ccc3nnc(-c4ccncc4)n3n2)cc1)c1ccc(Br)cc1. The Morgan fingerprint density at radius 2 is 1.50 bits per heavy atom. The number of benzene rings is 2. The van der Waals surface area contributed by atoms with Crippen LogP contribution in [-0.4, -0.2) is 33.2 Å². The molecule has 5 aromatic rings. The molecule has 2 aromatic carbocycles. The minimum atomic E-state index is -3.68. The Morgan fingerprint density at radius 3 is 2.22 bits per heavy atom. The zero-order valence-electron chi connectivity index (χ0n) is 16.4. The number of hydrogen-bond acceptors (Lipinski definition) is 6. The monoisotopic (exact) mass is 506 g/mol. The number of fused-ring (bicyclic) bond motifs is 1. The Morgan fingerprint density at radius 1 is 0.781 bits per heavy atom. The second-order valence-corrected chi connectivity index (χ2v) is 9.48. The molecule has 0 aliphatic rings. The summed E-state index contributed by atoms with van der Waals surface area (Å²) in [5.41, 5.74) is 3.47. The first kappa shape index (κ1) is 20.3. The van der Waals surface area contributed by atoms with Gasteiger partial charge in [0, 0.05) is 33.7 Å². The molecule has 8 nitrogen and oxygen atoms in total. The van der Waals surface area contributed by atoms with Crippen LogP contribution in [0.5, 0.6) is 0 Å². The first-order valence-corrected chi connectivity index (χ1v) is 11.8. The molecular formula is C22H15BrN6O2S. The van der Waals surface area contributed by atoms with E-state index >= 15 is 0 Å². The number of pyridine rings is 1. The van der Waals surface area contributed by atoms with E-state index < -0.39 is 10.0 Å². The van der Waals surface area contributed by atoms with E-state index in [1.165, 1.54) is 0 Å². The Labute approximate surface area is 192 Å². The number of nitrogens with one attached hydrogen (secondary N) is 1. The lowest BCUT2D eigenvalue weighted by Crippen LogP contribution is -2.12. The Balaban J connectivity index is 1.43. The third-order valence-corrected chi connectivity index (χ3v) is 6.68. The van der Waals surface area contributed by atoms with Crippen molar-refractivity contribution >= 4 is 37.3 Å². The average molecular weight is 507 g/mol. The lowest BCUT2D eigenvalue weighted by Gasteiger charge is -2.09. The average Bonchev–Trinajstić information content (AvgIpc) is 3.23. The van der Waals surface area contributed by atoms with Crippen molar-refractivity contribution in [2.75, 3.05) is 4.72 Å². The molecule has 0 radical (unpaired) electrons. The molecule has 1 N–H and O–H groups in total. The van der Waals surface area contributed by atoms with Gasteiger partial charge in [-0.05, 0) is 60.7 Å². The molecule has 32 heavy (non-hydrogen) atoms. The summed E-state index contributed by atoms with van der Waals surface area (Å²) < 4.78 is 30.3. The molecule has 0 bridgehead atoms. The number of sulfonamides is 1. The molecule has 0 aliphatic carbocycles. The summed E-state index contributed by atoms with van der Waals surface area (Å²) in [6.07, 6.45) is 3.38. The number of nitrogens with zero attached hydrogens (tertiary/aromatic N) is 5. The second-order valence-electron chi connectivity index (χ2n) is 6.88.